The van der Waals surface area contributed by atoms with Crippen molar-refractivity contribution in [1.29, 1.82) is 0 Å². The predicted molar refractivity (Wildman–Crippen MR) is 69.3 cm³/mol. The van der Waals surface area contributed by atoms with E-state index >= 15 is 0 Å². The molecule has 0 unspecified atom stereocenters. The van der Waals surface area contributed by atoms with Crippen LogP contribution in [-0.4, -0.2) is 15.0 Å². The molecule has 0 saturated carbocycles. The van der Waals surface area contributed by atoms with Crippen LogP contribution in [0, 0.1) is 13.8 Å². The van der Waals surface area contributed by atoms with E-state index in [-0.39, 0.29) is 4.90 Å². The van der Waals surface area contributed by atoms with Crippen molar-refractivity contribution in [2.24, 2.45) is 0 Å². The summed E-state index contributed by atoms with van der Waals surface area (Å²) in [6, 6.07) is 3.37. The molecule has 5 heteroatoms. The lowest BCUT2D eigenvalue weighted by molar-refractivity contribution is 0.314. The Balaban J connectivity index is 3.21. The molecule has 0 radical (unpaired) electrons. The first-order chi connectivity index (χ1) is 7.86. The van der Waals surface area contributed by atoms with Crippen molar-refractivity contribution in [3.05, 3.63) is 35.9 Å². The Morgan fingerprint density at radius 3 is 2.59 bits per heavy atom. The van der Waals surface area contributed by atoms with Crippen molar-refractivity contribution in [2.75, 3.05) is 6.61 Å². The van der Waals surface area contributed by atoms with Crippen LogP contribution in [0.15, 0.2) is 29.7 Å². The van der Waals surface area contributed by atoms with Gasteiger partial charge in [0.05, 0.1) is 6.61 Å². The highest BCUT2D eigenvalue weighted by Gasteiger charge is 2.19. The van der Waals surface area contributed by atoms with Crippen LogP contribution in [0.4, 0.5) is 0 Å². The molecule has 0 saturated heterocycles. The molecule has 0 spiro atoms. The number of hydrogen-bond donors (Lipinski definition) is 0. The Hall–Kier alpha value is -1.00. The number of aryl methyl sites for hydroxylation is 2. The maximum atomic E-state index is 11.5. The topological polar surface area (TPSA) is 43.4 Å². The molecule has 0 aliphatic rings. The van der Waals surface area contributed by atoms with Crippen molar-refractivity contribution in [2.45, 2.75) is 25.2 Å². The van der Waals surface area contributed by atoms with Crippen LogP contribution >= 0.6 is 10.7 Å². The quantitative estimate of drug-likeness (QED) is 0.470. The second-order valence-corrected chi connectivity index (χ2v) is 6.31. The van der Waals surface area contributed by atoms with E-state index in [4.69, 9.17) is 15.4 Å². The number of halogens is 1. The van der Waals surface area contributed by atoms with Crippen LogP contribution in [-0.2, 0) is 9.05 Å². The highest BCUT2D eigenvalue weighted by molar-refractivity contribution is 8.13. The Labute approximate surface area is 106 Å². The molecule has 0 aromatic heterocycles. The molecular weight excluding hydrogens is 260 g/mol. The summed E-state index contributed by atoms with van der Waals surface area (Å²) in [6.07, 6.45) is 2.35. The lowest BCUT2D eigenvalue weighted by Crippen LogP contribution is -2.04. The zero-order valence-electron chi connectivity index (χ0n) is 9.86. The average Bonchev–Trinajstić information content (AvgIpc) is 2.19. The summed E-state index contributed by atoms with van der Waals surface area (Å²) >= 11 is 0. The van der Waals surface area contributed by atoms with Crippen molar-refractivity contribution in [3.8, 4) is 5.75 Å². The van der Waals surface area contributed by atoms with Gasteiger partial charge in [0.2, 0.25) is 0 Å². The van der Waals surface area contributed by atoms with Gasteiger partial charge in [-0.1, -0.05) is 12.1 Å². The second-order valence-electron chi connectivity index (χ2n) is 3.77. The van der Waals surface area contributed by atoms with Crippen LogP contribution in [0.1, 0.15) is 17.5 Å². The van der Waals surface area contributed by atoms with Gasteiger partial charge in [-0.05, 0) is 37.5 Å². The predicted octanol–water partition coefficient (Wildman–Crippen LogP) is 3.19. The standard InChI is InChI=1S/C12H15ClO3S/c1-4-5-6-16-12-10(3)7-9(2)8-11(12)17(13,14)15/h4,7-8H,1,5-6H2,2-3H3. The van der Waals surface area contributed by atoms with Crippen molar-refractivity contribution < 1.29 is 13.2 Å². The minimum Gasteiger partial charge on any atom is -0.492 e. The first-order valence-corrected chi connectivity index (χ1v) is 7.47. The monoisotopic (exact) mass is 274 g/mol. The Morgan fingerprint density at radius 2 is 2.06 bits per heavy atom. The minimum atomic E-state index is -3.79. The fourth-order valence-electron chi connectivity index (χ4n) is 1.53. The number of rotatable bonds is 5. The normalized spacial score (nSPS) is 11.2. The van der Waals surface area contributed by atoms with Gasteiger partial charge in [0.15, 0.2) is 0 Å². The van der Waals surface area contributed by atoms with Gasteiger partial charge in [0.1, 0.15) is 10.6 Å². The fraction of sp³-hybridized carbons (Fsp3) is 0.333. The lowest BCUT2D eigenvalue weighted by atomic mass is 10.1. The highest BCUT2D eigenvalue weighted by Crippen LogP contribution is 2.31. The summed E-state index contributed by atoms with van der Waals surface area (Å²) < 4.78 is 28.4. The molecule has 0 bridgehead atoms. The maximum Gasteiger partial charge on any atom is 0.265 e. The molecule has 1 aromatic rings. The molecule has 0 heterocycles. The summed E-state index contributed by atoms with van der Waals surface area (Å²) in [5, 5.41) is 0. The third-order valence-corrected chi connectivity index (χ3v) is 3.54. The molecule has 1 aromatic carbocycles. The molecule has 0 aliphatic carbocycles. The molecule has 3 nitrogen and oxygen atoms in total. The minimum absolute atomic E-state index is 0.0285. The number of benzene rings is 1. The summed E-state index contributed by atoms with van der Waals surface area (Å²) in [5.74, 6) is 0.326. The second kappa shape index (κ2) is 5.56. The SMILES string of the molecule is C=CCCOc1c(C)cc(C)cc1S(=O)(=O)Cl. The molecule has 0 N–H and O–H groups in total. The maximum absolute atomic E-state index is 11.5. The van der Waals surface area contributed by atoms with Gasteiger partial charge in [-0.15, -0.1) is 6.58 Å². The van der Waals surface area contributed by atoms with E-state index in [1.165, 1.54) is 6.07 Å². The van der Waals surface area contributed by atoms with Crippen molar-refractivity contribution >= 4 is 19.7 Å². The summed E-state index contributed by atoms with van der Waals surface area (Å²) in [5.41, 5.74) is 1.59. The molecule has 94 valence electrons. The first-order valence-electron chi connectivity index (χ1n) is 5.16. The van der Waals surface area contributed by atoms with Crippen LogP contribution < -0.4 is 4.74 Å². The fourth-order valence-corrected chi connectivity index (χ4v) is 2.64. The van der Waals surface area contributed by atoms with E-state index in [9.17, 15) is 8.42 Å². The van der Waals surface area contributed by atoms with Gasteiger partial charge in [-0.25, -0.2) is 8.42 Å². The molecule has 17 heavy (non-hydrogen) atoms. The third-order valence-electron chi connectivity index (χ3n) is 2.22. The molecule has 0 aliphatic heterocycles. The smallest absolute Gasteiger partial charge is 0.265 e. The zero-order chi connectivity index (χ0) is 13.1. The van der Waals surface area contributed by atoms with Crippen molar-refractivity contribution in [1.82, 2.24) is 0 Å². The van der Waals surface area contributed by atoms with E-state index in [1.807, 2.05) is 13.0 Å². The lowest BCUT2D eigenvalue weighted by Gasteiger charge is -2.12. The van der Waals surface area contributed by atoms with E-state index < -0.39 is 9.05 Å². The summed E-state index contributed by atoms with van der Waals surface area (Å²) in [6.45, 7) is 7.56. The van der Waals surface area contributed by atoms with Gasteiger partial charge in [-0.3, -0.25) is 0 Å². The summed E-state index contributed by atoms with van der Waals surface area (Å²) in [7, 11) is 1.60. The molecule has 0 fully saturated rings. The molecular formula is C12H15ClO3S. The van der Waals surface area contributed by atoms with Crippen LogP contribution in [0.25, 0.3) is 0 Å². The van der Waals surface area contributed by atoms with Crippen molar-refractivity contribution in [3.63, 3.8) is 0 Å². The Kier molecular flexibility index (Phi) is 4.60. The Morgan fingerprint density at radius 1 is 1.41 bits per heavy atom. The summed E-state index contributed by atoms with van der Waals surface area (Å²) in [4.78, 5) is 0.0285. The van der Waals surface area contributed by atoms with E-state index in [2.05, 4.69) is 6.58 Å². The Bertz CT molecular complexity index is 521. The largest absolute Gasteiger partial charge is 0.492 e. The van der Waals surface area contributed by atoms with Crippen LogP contribution in [0.5, 0.6) is 5.75 Å². The average molecular weight is 275 g/mol. The van der Waals surface area contributed by atoms with E-state index in [1.54, 1.807) is 13.0 Å². The van der Waals surface area contributed by atoms with Gasteiger partial charge in [0.25, 0.3) is 9.05 Å². The van der Waals surface area contributed by atoms with E-state index in [0.29, 0.717) is 18.8 Å². The molecule has 0 amide bonds. The molecule has 1 rings (SSSR count). The van der Waals surface area contributed by atoms with Gasteiger partial charge in [-0.2, -0.15) is 0 Å². The highest BCUT2D eigenvalue weighted by atomic mass is 35.7. The third kappa shape index (κ3) is 3.75. The van der Waals surface area contributed by atoms with E-state index in [0.717, 1.165) is 11.1 Å². The van der Waals surface area contributed by atoms with Gasteiger partial charge >= 0.3 is 0 Å². The van der Waals surface area contributed by atoms with Crippen LogP contribution in [0.2, 0.25) is 0 Å². The molecule has 0 atom stereocenters. The van der Waals surface area contributed by atoms with Gasteiger partial charge < -0.3 is 4.74 Å². The number of hydrogen-bond acceptors (Lipinski definition) is 3. The zero-order valence-corrected chi connectivity index (χ0v) is 11.4. The van der Waals surface area contributed by atoms with Gasteiger partial charge in [0, 0.05) is 10.7 Å². The first kappa shape index (κ1) is 14.1. The number of ether oxygens (including phenoxy) is 1. The van der Waals surface area contributed by atoms with Crippen LogP contribution in [0.3, 0.4) is 0 Å².